The van der Waals surface area contributed by atoms with Crippen molar-refractivity contribution in [3.05, 3.63) is 24.0 Å². The minimum Gasteiger partial charge on any atom is -0.396 e. The topological polar surface area (TPSA) is 62.2 Å². The van der Waals surface area contributed by atoms with E-state index < -0.39 is 0 Å². The standard InChI is InChI=1S/C14H25N3/c1-6-12(7-2)10(4)9-13(17-8-3)14(16)11(5)15/h6,8,10,12,15H,1,7,9,16H2,2-5H3/b14-13+,15-11?,17-8-. The molecular formula is C14H25N3. The first-order valence-electron chi connectivity index (χ1n) is 6.13. The van der Waals surface area contributed by atoms with Gasteiger partial charge in [0.25, 0.3) is 0 Å². The Bertz CT molecular complexity index is 326. The molecule has 0 bridgehead atoms. The molecule has 96 valence electrons. The molecule has 2 atom stereocenters. The van der Waals surface area contributed by atoms with Crippen molar-refractivity contribution in [2.75, 3.05) is 0 Å². The molecule has 0 aliphatic heterocycles. The molecule has 0 aliphatic rings. The van der Waals surface area contributed by atoms with Gasteiger partial charge in [-0.2, -0.15) is 0 Å². The zero-order valence-electron chi connectivity index (χ0n) is 11.5. The Balaban J connectivity index is 4.96. The number of nitrogens with two attached hydrogens (primary N) is 1. The van der Waals surface area contributed by atoms with Gasteiger partial charge in [-0.1, -0.05) is 19.9 Å². The molecule has 3 nitrogen and oxygen atoms in total. The summed E-state index contributed by atoms with van der Waals surface area (Å²) < 4.78 is 0. The molecule has 0 aliphatic carbocycles. The van der Waals surface area contributed by atoms with Crippen LogP contribution in [0.4, 0.5) is 0 Å². The molecule has 0 saturated carbocycles. The fraction of sp³-hybridized carbons (Fsp3) is 0.571. The number of hydrogen-bond donors (Lipinski definition) is 2. The fourth-order valence-corrected chi connectivity index (χ4v) is 1.86. The van der Waals surface area contributed by atoms with Crippen molar-refractivity contribution < 1.29 is 0 Å². The van der Waals surface area contributed by atoms with Crippen molar-refractivity contribution in [3.8, 4) is 0 Å². The van der Waals surface area contributed by atoms with E-state index >= 15 is 0 Å². The lowest BCUT2D eigenvalue weighted by atomic mass is 9.87. The number of allylic oxidation sites excluding steroid dienone is 3. The molecule has 0 fully saturated rings. The minimum atomic E-state index is 0.379. The quantitative estimate of drug-likeness (QED) is 0.514. The molecule has 0 heterocycles. The van der Waals surface area contributed by atoms with E-state index in [1.54, 1.807) is 13.1 Å². The predicted molar refractivity (Wildman–Crippen MR) is 76.5 cm³/mol. The summed E-state index contributed by atoms with van der Waals surface area (Å²) in [5.74, 6) is 0.907. The first-order chi connectivity index (χ1) is 7.97. The summed E-state index contributed by atoms with van der Waals surface area (Å²) in [6, 6.07) is 0. The van der Waals surface area contributed by atoms with Gasteiger partial charge in [-0.15, -0.1) is 6.58 Å². The summed E-state index contributed by atoms with van der Waals surface area (Å²) in [6.07, 6.45) is 5.58. The Morgan fingerprint density at radius 1 is 1.53 bits per heavy atom. The van der Waals surface area contributed by atoms with Crippen molar-refractivity contribution in [1.82, 2.24) is 0 Å². The predicted octanol–water partition coefficient (Wildman–Crippen LogP) is 3.53. The van der Waals surface area contributed by atoms with Gasteiger partial charge in [-0.05, 0) is 38.5 Å². The second kappa shape index (κ2) is 7.82. The fourth-order valence-electron chi connectivity index (χ4n) is 1.86. The van der Waals surface area contributed by atoms with Crippen LogP contribution in [0, 0.1) is 17.2 Å². The second-order valence-electron chi connectivity index (χ2n) is 4.36. The Labute approximate surface area is 105 Å². The normalized spacial score (nSPS) is 16.5. The summed E-state index contributed by atoms with van der Waals surface area (Å²) in [6.45, 7) is 11.7. The molecule has 0 rings (SSSR count). The van der Waals surface area contributed by atoms with Crippen LogP contribution in [0.25, 0.3) is 0 Å². The van der Waals surface area contributed by atoms with Crippen molar-refractivity contribution in [1.29, 1.82) is 5.41 Å². The van der Waals surface area contributed by atoms with Crippen LogP contribution in [0.2, 0.25) is 0 Å². The molecular weight excluding hydrogens is 210 g/mol. The van der Waals surface area contributed by atoms with Gasteiger partial charge in [0, 0.05) is 6.21 Å². The second-order valence-corrected chi connectivity index (χ2v) is 4.36. The largest absolute Gasteiger partial charge is 0.396 e. The Morgan fingerprint density at radius 2 is 2.12 bits per heavy atom. The average Bonchev–Trinajstić information content (AvgIpc) is 2.29. The van der Waals surface area contributed by atoms with Crippen LogP contribution in [0.3, 0.4) is 0 Å². The summed E-state index contributed by atoms with van der Waals surface area (Å²) in [5.41, 5.74) is 7.58. The van der Waals surface area contributed by atoms with Crippen LogP contribution in [-0.4, -0.2) is 11.9 Å². The van der Waals surface area contributed by atoms with Crippen molar-refractivity contribution in [2.24, 2.45) is 22.6 Å². The van der Waals surface area contributed by atoms with Crippen molar-refractivity contribution in [3.63, 3.8) is 0 Å². The van der Waals surface area contributed by atoms with E-state index in [1.165, 1.54) is 0 Å². The molecule has 0 saturated heterocycles. The summed E-state index contributed by atoms with van der Waals surface area (Å²) in [5, 5.41) is 7.57. The van der Waals surface area contributed by atoms with Crippen molar-refractivity contribution >= 4 is 11.9 Å². The molecule has 0 spiro atoms. The van der Waals surface area contributed by atoms with E-state index in [4.69, 9.17) is 11.1 Å². The van der Waals surface area contributed by atoms with Crippen LogP contribution in [0.1, 0.15) is 40.5 Å². The summed E-state index contributed by atoms with van der Waals surface area (Å²) >= 11 is 0. The van der Waals surface area contributed by atoms with E-state index in [-0.39, 0.29) is 0 Å². The third kappa shape index (κ3) is 4.98. The molecule has 0 aromatic heterocycles. The Hall–Kier alpha value is -1.38. The van der Waals surface area contributed by atoms with E-state index in [1.807, 2.05) is 13.0 Å². The minimum absolute atomic E-state index is 0.379. The Kier molecular flexibility index (Phi) is 7.19. The monoisotopic (exact) mass is 235 g/mol. The van der Waals surface area contributed by atoms with Crippen LogP contribution < -0.4 is 5.73 Å². The Morgan fingerprint density at radius 3 is 2.47 bits per heavy atom. The first-order valence-corrected chi connectivity index (χ1v) is 6.13. The van der Waals surface area contributed by atoms with E-state index in [0.29, 0.717) is 23.2 Å². The van der Waals surface area contributed by atoms with Crippen LogP contribution in [0.15, 0.2) is 29.0 Å². The maximum Gasteiger partial charge on any atom is 0.0741 e. The maximum atomic E-state index is 7.57. The molecule has 0 amide bonds. The maximum absolute atomic E-state index is 7.57. The highest BCUT2D eigenvalue weighted by Gasteiger charge is 2.15. The van der Waals surface area contributed by atoms with Gasteiger partial charge in [-0.25, -0.2) is 0 Å². The third-order valence-corrected chi connectivity index (χ3v) is 3.02. The number of nitrogens with zero attached hydrogens (tertiary/aromatic N) is 1. The lowest BCUT2D eigenvalue weighted by Gasteiger charge is -2.20. The molecule has 17 heavy (non-hydrogen) atoms. The highest BCUT2D eigenvalue weighted by atomic mass is 14.8. The zero-order chi connectivity index (χ0) is 13.4. The van der Waals surface area contributed by atoms with Gasteiger partial charge in [0.05, 0.1) is 17.1 Å². The highest BCUT2D eigenvalue weighted by Crippen LogP contribution is 2.25. The smallest absolute Gasteiger partial charge is 0.0741 e. The summed E-state index contributed by atoms with van der Waals surface area (Å²) in [7, 11) is 0. The lowest BCUT2D eigenvalue weighted by Crippen LogP contribution is -2.14. The van der Waals surface area contributed by atoms with Gasteiger partial charge in [-0.3, -0.25) is 4.99 Å². The van der Waals surface area contributed by atoms with Crippen molar-refractivity contribution in [2.45, 2.75) is 40.5 Å². The van der Waals surface area contributed by atoms with Gasteiger partial charge >= 0.3 is 0 Å². The number of hydrogen-bond acceptors (Lipinski definition) is 3. The summed E-state index contributed by atoms with van der Waals surface area (Å²) in [4.78, 5) is 4.29. The first kappa shape index (κ1) is 15.6. The van der Waals surface area contributed by atoms with Crippen LogP contribution in [0.5, 0.6) is 0 Å². The number of rotatable bonds is 7. The molecule has 3 heteroatoms. The lowest BCUT2D eigenvalue weighted by molar-refractivity contribution is 0.413. The molecule has 3 N–H and O–H groups in total. The highest BCUT2D eigenvalue weighted by molar-refractivity contribution is 5.95. The zero-order valence-corrected chi connectivity index (χ0v) is 11.5. The molecule has 0 radical (unpaired) electrons. The molecule has 2 unspecified atom stereocenters. The van der Waals surface area contributed by atoms with Gasteiger partial charge in [0.2, 0.25) is 0 Å². The van der Waals surface area contributed by atoms with E-state index in [9.17, 15) is 0 Å². The van der Waals surface area contributed by atoms with Crippen LogP contribution >= 0.6 is 0 Å². The van der Waals surface area contributed by atoms with E-state index in [2.05, 4.69) is 25.4 Å². The molecule has 0 aromatic carbocycles. The van der Waals surface area contributed by atoms with Crippen LogP contribution in [-0.2, 0) is 0 Å². The average molecular weight is 235 g/mol. The van der Waals surface area contributed by atoms with E-state index in [0.717, 1.165) is 18.5 Å². The van der Waals surface area contributed by atoms with Gasteiger partial charge in [0.15, 0.2) is 0 Å². The molecule has 0 aromatic rings. The number of aliphatic imine (C=N–C) groups is 1. The number of nitrogens with one attached hydrogen (secondary N) is 1. The van der Waals surface area contributed by atoms with Gasteiger partial charge < -0.3 is 11.1 Å². The third-order valence-electron chi connectivity index (χ3n) is 3.02. The SMILES string of the molecule is C=CC(CC)C(C)CC(/N=C\C)=C(\N)C(C)=N. The van der Waals surface area contributed by atoms with Gasteiger partial charge in [0.1, 0.15) is 0 Å².